The third kappa shape index (κ3) is 3.22. The standard InChI is InChI=1S/C11H16BrNO/c1-8(2)9(12)7-13-10-5-3-4-6-11(10)14/h3-6,8-9,13-14H,7H2,1-2H3. The van der Waals surface area contributed by atoms with Gasteiger partial charge >= 0.3 is 0 Å². The Balaban J connectivity index is 2.50. The summed E-state index contributed by atoms with van der Waals surface area (Å²) in [7, 11) is 0. The zero-order valence-corrected chi connectivity index (χ0v) is 10.1. The Morgan fingerprint density at radius 2 is 2.00 bits per heavy atom. The highest BCUT2D eigenvalue weighted by Gasteiger charge is 2.09. The van der Waals surface area contributed by atoms with Gasteiger partial charge in [0.1, 0.15) is 5.75 Å². The summed E-state index contributed by atoms with van der Waals surface area (Å²) >= 11 is 3.58. The SMILES string of the molecule is CC(C)C(Br)CNc1ccccc1O. The molecule has 0 saturated heterocycles. The van der Waals surface area contributed by atoms with Crippen LogP contribution < -0.4 is 5.32 Å². The summed E-state index contributed by atoms with van der Waals surface area (Å²) in [6.45, 7) is 5.13. The average Bonchev–Trinajstić information content (AvgIpc) is 2.16. The van der Waals surface area contributed by atoms with Crippen molar-refractivity contribution in [2.75, 3.05) is 11.9 Å². The lowest BCUT2D eigenvalue weighted by molar-refractivity contribution is 0.477. The number of hydrogen-bond donors (Lipinski definition) is 2. The van der Waals surface area contributed by atoms with Crippen LogP contribution in [0.3, 0.4) is 0 Å². The molecule has 1 aromatic carbocycles. The fourth-order valence-electron chi connectivity index (χ4n) is 1.07. The van der Waals surface area contributed by atoms with Crippen molar-refractivity contribution >= 4 is 21.6 Å². The van der Waals surface area contributed by atoms with E-state index >= 15 is 0 Å². The third-order valence-corrected chi connectivity index (χ3v) is 3.50. The maximum atomic E-state index is 9.48. The number of hydrogen-bond acceptors (Lipinski definition) is 2. The minimum atomic E-state index is 0.302. The van der Waals surface area contributed by atoms with Crippen molar-refractivity contribution in [2.45, 2.75) is 18.7 Å². The molecule has 0 aromatic heterocycles. The van der Waals surface area contributed by atoms with Crippen molar-refractivity contribution in [3.63, 3.8) is 0 Å². The Morgan fingerprint density at radius 1 is 1.36 bits per heavy atom. The highest BCUT2D eigenvalue weighted by molar-refractivity contribution is 9.09. The lowest BCUT2D eigenvalue weighted by Gasteiger charge is -2.15. The Morgan fingerprint density at radius 3 is 2.57 bits per heavy atom. The molecular weight excluding hydrogens is 242 g/mol. The van der Waals surface area contributed by atoms with E-state index in [2.05, 4.69) is 35.1 Å². The van der Waals surface area contributed by atoms with E-state index in [4.69, 9.17) is 0 Å². The van der Waals surface area contributed by atoms with Crippen LogP contribution in [0.25, 0.3) is 0 Å². The number of alkyl halides is 1. The van der Waals surface area contributed by atoms with Crippen LogP contribution in [0, 0.1) is 5.92 Å². The molecule has 1 atom stereocenters. The van der Waals surface area contributed by atoms with Crippen molar-refractivity contribution in [1.82, 2.24) is 0 Å². The highest BCUT2D eigenvalue weighted by Crippen LogP contribution is 2.22. The molecule has 0 spiro atoms. The number of nitrogens with one attached hydrogen (secondary N) is 1. The number of benzene rings is 1. The van der Waals surface area contributed by atoms with Crippen LogP contribution in [0.4, 0.5) is 5.69 Å². The van der Waals surface area contributed by atoms with E-state index in [0.29, 0.717) is 16.5 Å². The fraction of sp³-hybridized carbons (Fsp3) is 0.455. The van der Waals surface area contributed by atoms with E-state index in [-0.39, 0.29) is 0 Å². The Bertz CT molecular complexity index is 288. The minimum Gasteiger partial charge on any atom is -0.506 e. The molecule has 1 rings (SSSR count). The zero-order chi connectivity index (χ0) is 10.6. The number of anilines is 1. The summed E-state index contributed by atoms with van der Waals surface area (Å²) in [4.78, 5) is 0.419. The average molecular weight is 258 g/mol. The number of phenols is 1. The molecule has 0 bridgehead atoms. The van der Waals surface area contributed by atoms with Crippen LogP contribution >= 0.6 is 15.9 Å². The van der Waals surface area contributed by atoms with Crippen molar-refractivity contribution in [3.05, 3.63) is 24.3 Å². The van der Waals surface area contributed by atoms with E-state index in [1.165, 1.54) is 0 Å². The molecule has 1 unspecified atom stereocenters. The molecule has 0 saturated carbocycles. The van der Waals surface area contributed by atoms with Gasteiger partial charge in [-0.25, -0.2) is 0 Å². The first-order valence-electron chi connectivity index (χ1n) is 4.77. The number of halogens is 1. The quantitative estimate of drug-likeness (QED) is 0.642. The summed E-state index contributed by atoms with van der Waals surface area (Å²) in [5, 5.41) is 12.7. The second-order valence-corrected chi connectivity index (χ2v) is 4.83. The smallest absolute Gasteiger partial charge is 0.138 e. The Kier molecular flexibility index (Phi) is 4.26. The minimum absolute atomic E-state index is 0.302. The lowest BCUT2D eigenvalue weighted by atomic mass is 10.1. The monoisotopic (exact) mass is 257 g/mol. The van der Waals surface area contributed by atoms with E-state index < -0.39 is 0 Å². The first kappa shape index (κ1) is 11.4. The van der Waals surface area contributed by atoms with Gasteiger partial charge in [0.05, 0.1) is 5.69 Å². The van der Waals surface area contributed by atoms with E-state index in [1.54, 1.807) is 6.07 Å². The van der Waals surface area contributed by atoms with Crippen LogP contribution in [-0.2, 0) is 0 Å². The van der Waals surface area contributed by atoms with Gasteiger partial charge in [-0.05, 0) is 18.1 Å². The molecule has 0 aliphatic rings. The van der Waals surface area contributed by atoms with Gasteiger partial charge in [-0.2, -0.15) is 0 Å². The van der Waals surface area contributed by atoms with Crippen molar-refractivity contribution in [3.8, 4) is 5.75 Å². The van der Waals surface area contributed by atoms with Crippen LogP contribution in [0.1, 0.15) is 13.8 Å². The predicted octanol–water partition coefficient (Wildman–Crippen LogP) is 3.22. The number of phenolic OH excluding ortho intramolecular Hbond substituents is 1. The summed E-state index contributed by atoms with van der Waals surface area (Å²) in [6, 6.07) is 7.27. The van der Waals surface area contributed by atoms with Gasteiger partial charge in [-0.1, -0.05) is 41.9 Å². The molecular formula is C11H16BrNO. The molecule has 0 aliphatic heterocycles. The van der Waals surface area contributed by atoms with Crippen LogP contribution in [0.5, 0.6) is 5.75 Å². The number of para-hydroxylation sites is 2. The van der Waals surface area contributed by atoms with Gasteiger partial charge in [0, 0.05) is 11.4 Å². The van der Waals surface area contributed by atoms with Crippen molar-refractivity contribution in [1.29, 1.82) is 0 Å². The summed E-state index contributed by atoms with van der Waals surface area (Å²) in [6.07, 6.45) is 0. The van der Waals surface area contributed by atoms with Gasteiger partial charge in [0.25, 0.3) is 0 Å². The first-order chi connectivity index (χ1) is 6.61. The van der Waals surface area contributed by atoms with E-state index in [9.17, 15) is 5.11 Å². The number of aromatic hydroxyl groups is 1. The molecule has 0 aliphatic carbocycles. The van der Waals surface area contributed by atoms with Crippen LogP contribution in [0.15, 0.2) is 24.3 Å². The molecule has 14 heavy (non-hydrogen) atoms. The second kappa shape index (κ2) is 5.25. The zero-order valence-electron chi connectivity index (χ0n) is 8.50. The van der Waals surface area contributed by atoms with Gasteiger partial charge < -0.3 is 10.4 Å². The van der Waals surface area contributed by atoms with Crippen molar-refractivity contribution in [2.24, 2.45) is 5.92 Å². The van der Waals surface area contributed by atoms with Gasteiger partial charge in [0.15, 0.2) is 0 Å². The molecule has 2 N–H and O–H groups in total. The summed E-state index contributed by atoms with van der Waals surface area (Å²) in [5.41, 5.74) is 0.789. The van der Waals surface area contributed by atoms with Crippen LogP contribution in [0.2, 0.25) is 0 Å². The molecule has 0 radical (unpaired) electrons. The van der Waals surface area contributed by atoms with E-state index in [0.717, 1.165) is 12.2 Å². The second-order valence-electron chi connectivity index (χ2n) is 3.66. The lowest BCUT2D eigenvalue weighted by Crippen LogP contribution is -2.18. The first-order valence-corrected chi connectivity index (χ1v) is 5.68. The molecule has 3 heteroatoms. The number of rotatable bonds is 4. The summed E-state index contributed by atoms with van der Waals surface area (Å²) in [5.74, 6) is 0.879. The molecule has 2 nitrogen and oxygen atoms in total. The maximum absolute atomic E-state index is 9.48. The van der Waals surface area contributed by atoms with Crippen molar-refractivity contribution < 1.29 is 5.11 Å². The molecule has 0 fully saturated rings. The summed E-state index contributed by atoms with van der Waals surface area (Å²) < 4.78 is 0. The predicted molar refractivity (Wildman–Crippen MR) is 64.1 cm³/mol. The molecule has 78 valence electrons. The highest BCUT2D eigenvalue weighted by atomic mass is 79.9. The molecule has 0 heterocycles. The van der Waals surface area contributed by atoms with Gasteiger partial charge in [0.2, 0.25) is 0 Å². The van der Waals surface area contributed by atoms with Crippen LogP contribution in [-0.4, -0.2) is 16.5 Å². The fourth-order valence-corrected chi connectivity index (χ4v) is 1.23. The Labute approximate surface area is 93.5 Å². The van der Waals surface area contributed by atoms with E-state index in [1.807, 2.05) is 18.2 Å². The third-order valence-electron chi connectivity index (χ3n) is 2.11. The topological polar surface area (TPSA) is 32.3 Å². The Hall–Kier alpha value is -0.700. The largest absolute Gasteiger partial charge is 0.506 e. The molecule has 0 amide bonds. The normalized spacial score (nSPS) is 12.9. The maximum Gasteiger partial charge on any atom is 0.138 e. The molecule has 1 aromatic rings. The van der Waals surface area contributed by atoms with Gasteiger partial charge in [-0.3, -0.25) is 0 Å². The van der Waals surface area contributed by atoms with Gasteiger partial charge in [-0.15, -0.1) is 0 Å².